The van der Waals surface area contributed by atoms with Crippen LogP contribution in [-0.4, -0.2) is 28.1 Å². The Morgan fingerprint density at radius 2 is 2.12 bits per heavy atom. The highest BCUT2D eigenvalue weighted by atomic mass is 35.5. The van der Waals surface area contributed by atoms with Gasteiger partial charge >= 0.3 is 0 Å². The molecule has 1 atom stereocenters. The fraction of sp³-hybridized carbons (Fsp3) is 0.333. The summed E-state index contributed by atoms with van der Waals surface area (Å²) in [7, 11) is 0. The lowest BCUT2D eigenvalue weighted by molar-refractivity contribution is -0.125. The number of pyridine rings is 1. The van der Waals surface area contributed by atoms with E-state index in [0.717, 1.165) is 5.39 Å². The molecule has 0 radical (unpaired) electrons. The van der Waals surface area contributed by atoms with Gasteiger partial charge in [-0.05, 0) is 39.2 Å². The number of fused-ring (bicyclic) bond motifs is 1. The van der Waals surface area contributed by atoms with Gasteiger partial charge in [0.05, 0.1) is 10.5 Å². The largest absolute Gasteiger partial charge is 0.470 e. The van der Waals surface area contributed by atoms with Gasteiger partial charge in [0, 0.05) is 28.8 Å². The molecule has 4 nitrogen and oxygen atoms in total. The van der Waals surface area contributed by atoms with Crippen molar-refractivity contribution in [2.45, 2.75) is 31.7 Å². The number of carbonyl (C=O) groups excluding carboxylic acids is 1. The van der Waals surface area contributed by atoms with Crippen LogP contribution < -0.4 is 10.1 Å². The summed E-state index contributed by atoms with van der Waals surface area (Å²) < 4.78 is 5.82. The van der Waals surface area contributed by atoms with Crippen LogP contribution in [0.5, 0.6) is 5.75 Å². The van der Waals surface area contributed by atoms with Gasteiger partial charge < -0.3 is 10.1 Å². The van der Waals surface area contributed by atoms with Gasteiger partial charge in [-0.15, -0.1) is 18.2 Å². The molecule has 1 unspecified atom stereocenters. The Hall–Kier alpha value is -1.90. The second kappa shape index (κ2) is 7.33. The second-order valence-electron chi connectivity index (χ2n) is 6.27. The molecule has 2 rings (SSSR count). The number of benzene rings is 1. The number of carbonyl (C=O) groups is 1. The van der Waals surface area contributed by atoms with Crippen LogP contribution in [0, 0.1) is 12.3 Å². The Bertz CT molecular complexity index is 809. The summed E-state index contributed by atoms with van der Waals surface area (Å²) in [5, 5.41) is 4.12. The summed E-state index contributed by atoms with van der Waals surface area (Å²) >= 11 is 7.58. The predicted molar refractivity (Wildman–Crippen MR) is 101 cm³/mol. The number of hydrogen-bond donors (Lipinski definition) is 1. The van der Waals surface area contributed by atoms with Gasteiger partial charge in [-0.25, -0.2) is 0 Å². The van der Waals surface area contributed by atoms with Crippen molar-refractivity contribution in [3.8, 4) is 18.1 Å². The summed E-state index contributed by atoms with van der Waals surface area (Å²) in [6.07, 6.45) is 8.81. The topological polar surface area (TPSA) is 51.2 Å². The molecule has 2 aromatic rings. The number of nitrogens with zero attached hydrogens (tertiary/aromatic N) is 1. The smallest absolute Gasteiger partial charge is 0.272 e. The Kier molecular flexibility index (Phi) is 5.63. The zero-order valence-electron chi connectivity index (χ0n) is 14.0. The number of nitrogens with one attached hydrogen (secondary N) is 1. The lowest BCUT2D eigenvalue weighted by atomic mass is 10.1. The fourth-order valence-corrected chi connectivity index (χ4v) is 2.83. The first kappa shape index (κ1) is 18.4. The Morgan fingerprint density at radius 1 is 1.42 bits per heavy atom. The molecule has 1 N–H and O–H groups in total. The molecule has 6 heteroatoms. The van der Waals surface area contributed by atoms with E-state index in [2.05, 4.69) is 16.2 Å². The maximum absolute atomic E-state index is 12.3. The molecule has 0 saturated heterocycles. The lowest BCUT2D eigenvalue weighted by Crippen LogP contribution is -2.46. The quantitative estimate of drug-likeness (QED) is 0.663. The van der Waals surface area contributed by atoms with Gasteiger partial charge in [-0.3, -0.25) is 9.78 Å². The number of halogens is 1. The van der Waals surface area contributed by atoms with Crippen molar-refractivity contribution in [2.24, 2.45) is 0 Å². The van der Waals surface area contributed by atoms with E-state index >= 15 is 0 Å². The van der Waals surface area contributed by atoms with Gasteiger partial charge in [0.25, 0.3) is 5.91 Å². The van der Waals surface area contributed by atoms with Crippen LogP contribution in [0.2, 0.25) is 5.02 Å². The van der Waals surface area contributed by atoms with Crippen LogP contribution in [0.4, 0.5) is 0 Å². The van der Waals surface area contributed by atoms with Crippen molar-refractivity contribution < 1.29 is 9.53 Å². The highest BCUT2D eigenvalue weighted by molar-refractivity contribution is 7.99. The van der Waals surface area contributed by atoms with Crippen LogP contribution >= 0.6 is 23.4 Å². The van der Waals surface area contributed by atoms with E-state index in [1.807, 2.05) is 33.1 Å². The molecule has 0 saturated carbocycles. The standard InChI is InChI=1S/C18H19ClN2O2S/c1-6-11-7-12-8-13(9-14(19)15(12)20-10-11)23-17(24-5)16(22)21-18(2,3)4/h1,7-10,17H,2-5H3,(H,21,22). The van der Waals surface area contributed by atoms with Gasteiger partial charge in [0.2, 0.25) is 5.44 Å². The van der Waals surface area contributed by atoms with E-state index in [0.29, 0.717) is 21.9 Å². The third-order valence-electron chi connectivity index (χ3n) is 3.05. The molecule has 1 aromatic heterocycles. The zero-order chi connectivity index (χ0) is 17.9. The van der Waals surface area contributed by atoms with Crippen molar-refractivity contribution in [1.82, 2.24) is 10.3 Å². The fourth-order valence-electron chi connectivity index (χ4n) is 2.09. The molecule has 0 aliphatic heterocycles. The monoisotopic (exact) mass is 362 g/mol. The Morgan fingerprint density at radius 3 is 2.71 bits per heavy atom. The number of terminal acetylenes is 1. The van der Waals surface area contributed by atoms with Crippen LogP contribution in [0.15, 0.2) is 24.4 Å². The molecular formula is C18H19ClN2O2S. The maximum atomic E-state index is 12.3. The van der Waals surface area contributed by atoms with Crippen LogP contribution in [0.3, 0.4) is 0 Å². The first-order chi connectivity index (χ1) is 11.2. The van der Waals surface area contributed by atoms with E-state index in [9.17, 15) is 4.79 Å². The number of ether oxygens (including phenoxy) is 1. The van der Waals surface area contributed by atoms with Crippen molar-refractivity contribution in [2.75, 3.05) is 6.26 Å². The van der Waals surface area contributed by atoms with Crippen LogP contribution in [-0.2, 0) is 4.79 Å². The molecule has 0 fully saturated rings. The van der Waals surface area contributed by atoms with Crippen LogP contribution in [0.25, 0.3) is 10.9 Å². The molecule has 126 valence electrons. The molecule has 0 aliphatic carbocycles. The molecule has 1 heterocycles. The van der Waals surface area contributed by atoms with E-state index in [1.54, 1.807) is 18.3 Å². The van der Waals surface area contributed by atoms with Crippen molar-refractivity contribution in [3.63, 3.8) is 0 Å². The summed E-state index contributed by atoms with van der Waals surface area (Å²) in [6.45, 7) is 5.76. The van der Waals surface area contributed by atoms with Gasteiger partial charge in [-0.2, -0.15) is 0 Å². The first-order valence-electron chi connectivity index (χ1n) is 7.31. The predicted octanol–water partition coefficient (Wildman–Crippen LogP) is 3.85. The molecular weight excluding hydrogens is 344 g/mol. The molecule has 0 bridgehead atoms. The average molecular weight is 363 g/mol. The molecule has 1 aromatic carbocycles. The van der Waals surface area contributed by atoms with E-state index in [4.69, 9.17) is 22.8 Å². The van der Waals surface area contributed by atoms with E-state index in [1.165, 1.54) is 11.8 Å². The van der Waals surface area contributed by atoms with Crippen molar-refractivity contribution in [1.29, 1.82) is 0 Å². The molecule has 24 heavy (non-hydrogen) atoms. The third kappa shape index (κ3) is 4.56. The Balaban J connectivity index is 2.31. The minimum absolute atomic E-state index is 0.193. The average Bonchev–Trinajstić information content (AvgIpc) is 2.50. The molecule has 0 spiro atoms. The summed E-state index contributed by atoms with van der Waals surface area (Å²) in [6, 6.07) is 5.24. The summed E-state index contributed by atoms with van der Waals surface area (Å²) in [5.74, 6) is 2.84. The van der Waals surface area contributed by atoms with E-state index < -0.39 is 5.44 Å². The third-order valence-corrected chi connectivity index (χ3v) is 4.07. The number of rotatable bonds is 4. The van der Waals surface area contributed by atoms with Crippen molar-refractivity contribution in [3.05, 3.63) is 35.0 Å². The Labute approximate surface area is 151 Å². The minimum Gasteiger partial charge on any atom is -0.470 e. The highest BCUT2D eigenvalue weighted by Gasteiger charge is 2.24. The van der Waals surface area contributed by atoms with E-state index in [-0.39, 0.29) is 11.4 Å². The number of hydrogen-bond acceptors (Lipinski definition) is 4. The van der Waals surface area contributed by atoms with Gasteiger partial charge in [0.1, 0.15) is 5.75 Å². The first-order valence-corrected chi connectivity index (χ1v) is 8.97. The number of aromatic nitrogens is 1. The maximum Gasteiger partial charge on any atom is 0.272 e. The van der Waals surface area contributed by atoms with Gasteiger partial charge in [-0.1, -0.05) is 17.5 Å². The van der Waals surface area contributed by atoms with Crippen LogP contribution in [0.1, 0.15) is 26.3 Å². The summed E-state index contributed by atoms with van der Waals surface area (Å²) in [5.41, 5.74) is 0.285. The lowest BCUT2D eigenvalue weighted by Gasteiger charge is -2.24. The normalized spacial score (nSPS) is 12.5. The molecule has 1 amide bonds. The number of thioether (sulfide) groups is 1. The molecule has 0 aliphatic rings. The van der Waals surface area contributed by atoms with Crippen molar-refractivity contribution >= 4 is 40.2 Å². The van der Waals surface area contributed by atoms with Gasteiger partial charge in [0.15, 0.2) is 0 Å². The minimum atomic E-state index is -0.679. The second-order valence-corrected chi connectivity index (χ2v) is 7.58. The zero-order valence-corrected chi connectivity index (χ0v) is 15.6. The number of amides is 1. The highest BCUT2D eigenvalue weighted by Crippen LogP contribution is 2.29. The summed E-state index contributed by atoms with van der Waals surface area (Å²) in [4.78, 5) is 16.6. The SMILES string of the molecule is C#Cc1cnc2c(Cl)cc(OC(SC)C(=O)NC(C)(C)C)cc2c1.